The van der Waals surface area contributed by atoms with Crippen LogP contribution >= 0.6 is 24.0 Å². The number of hydrogen-bond donors (Lipinski definition) is 2. The lowest BCUT2D eigenvalue weighted by atomic mass is 9.98. The van der Waals surface area contributed by atoms with E-state index in [9.17, 15) is 8.42 Å². The Kier molecular flexibility index (Phi) is 12.7. The maximum Gasteiger partial charge on any atom is 0.191 e. The van der Waals surface area contributed by atoms with Crippen LogP contribution in [-0.2, 0) is 14.6 Å². The van der Waals surface area contributed by atoms with Crippen LogP contribution in [0, 0.1) is 0 Å². The summed E-state index contributed by atoms with van der Waals surface area (Å²) in [6, 6.07) is 8.54. The molecule has 2 N–H and O–H groups in total. The Bertz CT molecular complexity index is 663. The van der Waals surface area contributed by atoms with Crippen molar-refractivity contribution in [2.24, 2.45) is 4.99 Å². The molecule has 28 heavy (non-hydrogen) atoms. The molecule has 0 spiro atoms. The molecule has 0 atom stereocenters. The maximum absolute atomic E-state index is 12.3. The average molecular weight is 523 g/mol. The van der Waals surface area contributed by atoms with Crippen molar-refractivity contribution in [1.82, 2.24) is 10.6 Å². The van der Waals surface area contributed by atoms with Crippen molar-refractivity contribution in [2.75, 3.05) is 32.0 Å². The van der Waals surface area contributed by atoms with Gasteiger partial charge in [0.15, 0.2) is 15.8 Å². The van der Waals surface area contributed by atoms with E-state index in [1.807, 2.05) is 13.0 Å². The highest BCUT2D eigenvalue weighted by Gasteiger charge is 2.14. The SMILES string of the molecule is CCNC(=NCCCOC1CCCCC1)NCCS(=O)(=O)c1ccccc1.I. The fourth-order valence-electron chi connectivity index (χ4n) is 3.13. The molecule has 1 fully saturated rings. The minimum atomic E-state index is -3.28. The standard InChI is InChI=1S/C20H33N3O3S.HI/c1-2-21-20(22-14-9-16-26-18-10-5-3-6-11-18)23-15-17-27(24,25)19-12-7-4-8-13-19;/h4,7-8,12-13,18H,2-3,5-6,9-11,14-17H2,1H3,(H2,21,22,23);1H. The first-order valence-electron chi connectivity index (χ1n) is 10.0. The second kappa shape index (κ2) is 14.2. The summed E-state index contributed by atoms with van der Waals surface area (Å²) in [5.74, 6) is 0.685. The molecule has 0 aliphatic heterocycles. The Hall–Kier alpha value is -0.870. The zero-order valence-electron chi connectivity index (χ0n) is 16.7. The molecule has 160 valence electrons. The zero-order chi connectivity index (χ0) is 19.4. The number of sulfone groups is 1. The van der Waals surface area contributed by atoms with Gasteiger partial charge in [0.2, 0.25) is 0 Å². The highest BCUT2D eigenvalue weighted by atomic mass is 127. The van der Waals surface area contributed by atoms with Crippen molar-refractivity contribution in [1.29, 1.82) is 0 Å². The summed E-state index contributed by atoms with van der Waals surface area (Å²) in [7, 11) is -3.28. The number of rotatable bonds is 10. The lowest BCUT2D eigenvalue weighted by Gasteiger charge is -2.21. The highest BCUT2D eigenvalue weighted by molar-refractivity contribution is 14.0. The molecule has 1 aliphatic rings. The third kappa shape index (κ3) is 9.56. The van der Waals surface area contributed by atoms with E-state index in [-0.39, 0.29) is 29.7 Å². The summed E-state index contributed by atoms with van der Waals surface area (Å²) in [6.45, 7) is 4.44. The molecule has 0 radical (unpaired) electrons. The van der Waals surface area contributed by atoms with Crippen LogP contribution in [0.15, 0.2) is 40.2 Å². The van der Waals surface area contributed by atoms with Crippen LogP contribution in [0.5, 0.6) is 0 Å². The van der Waals surface area contributed by atoms with E-state index in [2.05, 4.69) is 15.6 Å². The number of aliphatic imine (C=N–C) groups is 1. The number of benzene rings is 1. The van der Waals surface area contributed by atoms with Crippen LogP contribution in [0.25, 0.3) is 0 Å². The van der Waals surface area contributed by atoms with Gasteiger partial charge in [0, 0.05) is 26.2 Å². The van der Waals surface area contributed by atoms with Gasteiger partial charge in [0.25, 0.3) is 0 Å². The fraction of sp³-hybridized carbons (Fsp3) is 0.650. The van der Waals surface area contributed by atoms with Gasteiger partial charge in [-0.2, -0.15) is 0 Å². The zero-order valence-corrected chi connectivity index (χ0v) is 19.9. The van der Waals surface area contributed by atoms with Gasteiger partial charge in [-0.25, -0.2) is 8.42 Å². The second-order valence-corrected chi connectivity index (χ2v) is 8.91. The largest absolute Gasteiger partial charge is 0.378 e. The highest BCUT2D eigenvalue weighted by Crippen LogP contribution is 2.20. The van der Waals surface area contributed by atoms with Crippen LogP contribution < -0.4 is 10.6 Å². The Labute approximate surface area is 186 Å². The molecule has 2 rings (SSSR count). The third-order valence-electron chi connectivity index (χ3n) is 4.59. The summed E-state index contributed by atoms with van der Waals surface area (Å²) >= 11 is 0. The molecule has 0 saturated heterocycles. The van der Waals surface area contributed by atoms with Crippen LogP contribution in [0.1, 0.15) is 45.4 Å². The monoisotopic (exact) mass is 523 g/mol. The van der Waals surface area contributed by atoms with E-state index >= 15 is 0 Å². The summed E-state index contributed by atoms with van der Waals surface area (Å²) in [5.41, 5.74) is 0. The van der Waals surface area contributed by atoms with E-state index in [0.29, 0.717) is 30.0 Å². The first-order valence-corrected chi connectivity index (χ1v) is 11.7. The Morgan fingerprint density at radius 1 is 1.14 bits per heavy atom. The Morgan fingerprint density at radius 2 is 1.86 bits per heavy atom. The number of halogens is 1. The maximum atomic E-state index is 12.3. The van der Waals surface area contributed by atoms with Crippen LogP contribution in [0.2, 0.25) is 0 Å². The van der Waals surface area contributed by atoms with Gasteiger partial charge < -0.3 is 15.4 Å². The molecule has 0 heterocycles. The molecular formula is C20H34IN3O3S. The van der Waals surface area contributed by atoms with E-state index in [0.717, 1.165) is 19.6 Å². The number of nitrogens with one attached hydrogen (secondary N) is 2. The molecule has 1 aromatic carbocycles. The van der Waals surface area contributed by atoms with Gasteiger partial charge in [-0.15, -0.1) is 24.0 Å². The first kappa shape index (κ1) is 25.2. The molecule has 6 nitrogen and oxygen atoms in total. The van der Waals surface area contributed by atoms with E-state index in [4.69, 9.17) is 4.74 Å². The summed E-state index contributed by atoms with van der Waals surface area (Å²) in [4.78, 5) is 4.86. The molecule has 1 aliphatic carbocycles. The smallest absolute Gasteiger partial charge is 0.191 e. The first-order chi connectivity index (χ1) is 13.1. The molecule has 0 bridgehead atoms. The molecule has 1 aromatic rings. The molecule has 0 amide bonds. The third-order valence-corrected chi connectivity index (χ3v) is 6.32. The summed E-state index contributed by atoms with van der Waals surface area (Å²) in [6.07, 6.45) is 7.56. The lowest BCUT2D eigenvalue weighted by Crippen LogP contribution is -2.39. The number of nitrogens with zero attached hydrogens (tertiary/aromatic N) is 1. The van der Waals surface area contributed by atoms with Gasteiger partial charge in [0.05, 0.1) is 16.8 Å². The molecule has 0 aromatic heterocycles. The Morgan fingerprint density at radius 3 is 2.54 bits per heavy atom. The molecule has 8 heteroatoms. The predicted octanol–water partition coefficient (Wildman–Crippen LogP) is 3.37. The second-order valence-electron chi connectivity index (χ2n) is 6.80. The van der Waals surface area contributed by atoms with Crippen molar-refractivity contribution < 1.29 is 13.2 Å². The van der Waals surface area contributed by atoms with Gasteiger partial charge in [-0.3, -0.25) is 4.99 Å². The van der Waals surface area contributed by atoms with Gasteiger partial charge in [-0.1, -0.05) is 37.5 Å². The lowest BCUT2D eigenvalue weighted by molar-refractivity contribution is 0.0281. The normalized spacial score (nSPS) is 15.7. The molecular weight excluding hydrogens is 489 g/mol. The van der Waals surface area contributed by atoms with Crippen LogP contribution in [-0.4, -0.2) is 52.5 Å². The Balaban J connectivity index is 0.00000392. The quantitative estimate of drug-likeness (QED) is 0.213. The van der Waals surface area contributed by atoms with Gasteiger partial charge in [0.1, 0.15) is 0 Å². The van der Waals surface area contributed by atoms with Gasteiger partial charge >= 0.3 is 0 Å². The van der Waals surface area contributed by atoms with E-state index < -0.39 is 9.84 Å². The van der Waals surface area contributed by atoms with Gasteiger partial charge in [-0.05, 0) is 38.3 Å². The fourth-order valence-corrected chi connectivity index (χ4v) is 4.31. The van der Waals surface area contributed by atoms with E-state index in [1.165, 1.54) is 32.1 Å². The minimum Gasteiger partial charge on any atom is -0.378 e. The molecule has 0 unspecified atom stereocenters. The van der Waals surface area contributed by atoms with Crippen LogP contribution in [0.3, 0.4) is 0 Å². The van der Waals surface area contributed by atoms with Crippen molar-refractivity contribution in [2.45, 2.75) is 56.4 Å². The van der Waals surface area contributed by atoms with Crippen molar-refractivity contribution >= 4 is 39.8 Å². The van der Waals surface area contributed by atoms with Crippen molar-refractivity contribution in [3.05, 3.63) is 30.3 Å². The minimum absolute atomic E-state index is 0. The summed E-state index contributed by atoms with van der Waals surface area (Å²) < 4.78 is 30.5. The summed E-state index contributed by atoms with van der Waals surface area (Å²) in [5, 5.41) is 6.26. The van der Waals surface area contributed by atoms with E-state index in [1.54, 1.807) is 24.3 Å². The number of hydrogen-bond acceptors (Lipinski definition) is 4. The topological polar surface area (TPSA) is 79.8 Å². The van der Waals surface area contributed by atoms with Crippen molar-refractivity contribution in [3.8, 4) is 0 Å². The van der Waals surface area contributed by atoms with Crippen molar-refractivity contribution in [3.63, 3.8) is 0 Å². The predicted molar refractivity (Wildman–Crippen MR) is 125 cm³/mol. The number of guanidine groups is 1. The molecule has 1 saturated carbocycles. The average Bonchev–Trinajstić information content (AvgIpc) is 2.69. The number of ether oxygens (including phenoxy) is 1. The van der Waals surface area contributed by atoms with Crippen LogP contribution in [0.4, 0.5) is 0 Å².